The van der Waals surface area contributed by atoms with Crippen LogP contribution in [0.5, 0.6) is 0 Å². The van der Waals surface area contributed by atoms with E-state index in [1.807, 2.05) is 18.2 Å². The van der Waals surface area contributed by atoms with Crippen molar-refractivity contribution in [2.75, 3.05) is 13.2 Å². The van der Waals surface area contributed by atoms with Crippen molar-refractivity contribution in [2.24, 2.45) is 0 Å². The monoisotopic (exact) mass is 264 g/mol. The molecule has 1 N–H and O–H groups in total. The summed E-state index contributed by atoms with van der Waals surface area (Å²) in [5.74, 6) is 0.123. The van der Waals surface area contributed by atoms with Crippen LogP contribution in [0.15, 0.2) is 24.4 Å². The van der Waals surface area contributed by atoms with Gasteiger partial charge in [0.15, 0.2) is 0 Å². The summed E-state index contributed by atoms with van der Waals surface area (Å²) in [5.41, 5.74) is 0.840. The molecule has 1 fully saturated rings. The van der Waals surface area contributed by atoms with E-state index in [1.165, 1.54) is 0 Å². The molecule has 1 aromatic rings. The summed E-state index contributed by atoms with van der Waals surface area (Å²) < 4.78 is 0. The van der Waals surface area contributed by atoms with Gasteiger partial charge in [0.05, 0.1) is 12.3 Å². The number of rotatable bonds is 6. The first-order chi connectivity index (χ1) is 8.72. The van der Waals surface area contributed by atoms with Crippen LogP contribution in [-0.4, -0.2) is 45.0 Å². The zero-order valence-corrected chi connectivity index (χ0v) is 10.9. The Labute approximate surface area is 112 Å². The van der Waals surface area contributed by atoms with Crippen molar-refractivity contribution in [2.45, 2.75) is 25.3 Å². The first-order valence-electron chi connectivity index (χ1n) is 6.07. The van der Waals surface area contributed by atoms with E-state index in [9.17, 15) is 4.79 Å². The Balaban J connectivity index is 1.82. The normalized spacial score (nSPS) is 18.6. The molecule has 0 bridgehead atoms. The van der Waals surface area contributed by atoms with Crippen molar-refractivity contribution < 1.29 is 9.90 Å². The SMILES string of the molecule is O=C1CC(CCC(=S)c2ccccn2)N1CCO. The minimum Gasteiger partial charge on any atom is -0.395 e. The lowest BCUT2D eigenvalue weighted by Crippen LogP contribution is -2.53. The lowest BCUT2D eigenvalue weighted by atomic mass is 9.95. The highest BCUT2D eigenvalue weighted by atomic mass is 32.1. The van der Waals surface area contributed by atoms with Crippen LogP contribution in [-0.2, 0) is 4.79 Å². The first-order valence-corrected chi connectivity index (χ1v) is 6.47. The maximum absolute atomic E-state index is 11.3. The highest BCUT2D eigenvalue weighted by Gasteiger charge is 2.34. The number of thiocarbonyl (C=S) groups is 1. The van der Waals surface area contributed by atoms with Gasteiger partial charge in [-0.15, -0.1) is 0 Å². The predicted molar refractivity (Wildman–Crippen MR) is 72.4 cm³/mol. The number of pyridine rings is 1. The van der Waals surface area contributed by atoms with Gasteiger partial charge in [-0.05, 0) is 25.0 Å². The number of nitrogens with zero attached hydrogens (tertiary/aromatic N) is 2. The second-order valence-corrected chi connectivity index (χ2v) is 4.84. The predicted octanol–water partition coefficient (Wildman–Crippen LogP) is 1.17. The summed E-state index contributed by atoms with van der Waals surface area (Å²) >= 11 is 5.33. The molecule has 1 amide bonds. The summed E-state index contributed by atoms with van der Waals surface area (Å²) in [5, 5.41) is 8.86. The molecule has 2 heterocycles. The number of carbonyl (C=O) groups excluding carboxylic acids is 1. The van der Waals surface area contributed by atoms with Crippen LogP contribution in [0.2, 0.25) is 0 Å². The lowest BCUT2D eigenvalue weighted by molar-refractivity contribution is -0.146. The molecule has 1 saturated heterocycles. The van der Waals surface area contributed by atoms with Gasteiger partial charge in [0.2, 0.25) is 5.91 Å². The quantitative estimate of drug-likeness (QED) is 0.476. The van der Waals surface area contributed by atoms with E-state index in [-0.39, 0.29) is 18.6 Å². The molecule has 0 radical (unpaired) electrons. The Hall–Kier alpha value is -1.33. The van der Waals surface area contributed by atoms with E-state index in [1.54, 1.807) is 11.1 Å². The maximum Gasteiger partial charge on any atom is 0.224 e. The van der Waals surface area contributed by atoms with Gasteiger partial charge in [-0.3, -0.25) is 9.78 Å². The number of amides is 1. The van der Waals surface area contributed by atoms with Gasteiger partial charge in [0, 0.05) is 30.1 Å². The Morgan fingerprint density at radius 3 is 3.00 bits per heavy atom. The molecule has 1 aromatic heterocycles. The molecular weight excluding hydrogens is 248 g/mol. The molecule has 0 aromatic carbocycles. The van der Waals surface area contributed by atoms with Gasteiger partial charge >= 0.3 is 0 Å². The van der Waals surface area contributed by atoms with Crippen molar-refractivity contribution in [3.05, 3.63) is 30.1 Å². The van der Waals surface area contributed by atoms with Crippen LogP contribution < -0.4 is 0 Å². The van der Waals surface area contributed by atoms with Crippen LogP contribution in [0.25, 0.3) is 0 Å². The molecule has 1 atom stereocenters. The van der Waals surface area contributed by atoms with Gasteiger partial charge in [0.25, 0.3) is 0 Å². The number of β-amino-alcohol motifs (C(OH)–C–C–N with tert-alkyl or cyclic N) is 1. The number of β-lactam (4-membered cyclic amide) rings is 1. The third kappa shape index (κ3) is 2.91. The average molecular weight is 264 g/mol. The topological polar surface area (TPSA) is 53.4 Å². The standard InChI is InChI=1S/C13H16N2O2S/c16-8-7-15-10(9-13(15)17)4-5-12(18)11-3-1-2-6-14-11/h1-3,6,10,16H,4-5,7-9H2. The summed E-state index contributed by atoms with van der Waals surface area (Å²) in [6.07, 6.45) is 3.91. The van der Waals surface area contributed by atoms with E-state index >= 15 is 0 Å². The third-order valence-corrected chi connectivity index (χ3v) is 3.58. The summed E-state index contributed by atoms with van der Waals surface area (Å²) in [6.45, 7) is 0.451. The summed E-state index contributed by atoms with van der Waals surface area (Å²) in [4.78, 5) is 18.1. The fourth-order valence-corrected chi connectivity index (χ4v) is 2.39. The molecule has 1 aliphatic heterocycles. The number of aliphatic hydroxyl groups is 1. The third-order valence-electron chi connectivity index (χ3n) is 3.17. The number of carbonyl (C=O) groups is 1. The average Bonchev–Trinajstić information content (AvgIpc) is 2.41. The van der Waals surface area contributed by atoms with E-state index in [0.717, 1.165) is 23.4 Å². The van der Waals surface area contributed by atoms with Crippen molar-refractivity contribution in [1.82, 2.24) is 9.88 Å². The molecule has 4 nitrogen and oxygen atoms in total. The molecule has 1 unspecified atom stereocenters. The van der Waals surface area contributed by atoms with Crippen LogP contribution in [0.4, 0.5) is 0 Å². The molecule has 0 saturated carbocycles. The Morgan fingerprint density at radius 2 is 2.39 bits per heavy atom. The first kappa shape index (κ1) is 13.1. The van der Waals surface area contributed by atoms with Crippen molar-refractivity contribution in [1.29, 1.82) is 0 Å². The van der Waals surface area contributed by atoms with Gasteiger partial charge in [-0.1, -0.05) is 18.3 Å². The minimum atomic E-state index is 0.0208. The molecule has 5 heteroatoms. The zero-order valence-electron chi connectivity index (χ0n) is 10.1. The van der Waals surface area contributed by atoms with Crippen LogP contribution in [0.3, 0.4) is 0 Å². The van der Waals surface area contributed by atoms with Gasteiger partial charge in [0.1, 0.15) is 0 Å². The largest absolute Gasteiger partial charge is 0.395 e. The Kier molecular flexibility index (Phi) is 4.38. The minimum absolute atomic E-state index is 0.0208. The van der Waals surface area contributed by atoms with Crippen molar-refractivity contribution in [3.63, 3.8) is 0 Å². The van der Waals surface area contributed by atoms with Gasteiger partial charge in [-0.25, -0.2) is 0 Å². The number of likely N-dealkylation sites (tertiary alicyclic amines) is 1. The van der Waals surface area contributed by atoms with Crippen molar-refractivity contribution in [3.8, 4) is 0 Å². The molecule has 0 aliphatic carbocycles. The van der Waals surface area contributed by atoms with E-state index in [0.29, 0.717) is 13.0 Å². The molecule has 1 aliphatic rings. The van der Waals surface area contributed by atoms with Gasteiger partial charge in [-0.2, -0.15) is 0 Å². The van der Waals surface area contributed by atoms with Crippen LogP contribution in [0, 0.1) is 0 Å². The Bertz CT molecular complexity index is 436. The second-order valence-electron chi connectivity index (χ2n) is 4.35. The van der Waals surface area contributed by atoms with E-state index in [2.05, 4.69) is 4.98 Å². The number of hydrogen-bond donors (Lipinski definition) is 1. The smallest absolute Gasteiger partial charge is 0.224 e. The molecule has 2 rings (SSSR count). The van der Waals surface area contributed by atoms with Crippen LogP contribution >= 0.6 is 12.2 Å². The maximum atomic E-state index is 11.3. The number of aliphatic hydroxyl groups excluding tert-OH is 1. The van der Waals surface area contributed by atoms with Crippen LogP contribution in [0.1, 0.15) is 25.0 Å². The van der Waals surface area contributed by atoms with Gasteiger partial charge < -0.3 is 10.0 Å². The second kappa shape index (κ2) is 6.02. The fourth-order valence-electron chi connectivity index (χ4n) is 2.15. The van der Waals surface area contributed by atoms with Crippen molar-refractivity contribution >= 4 is 23.0 Å². The van der Waals surface area contributed by atoms with E-state index < -0.39 is 0 Å². The number of hydrogen-bond acceptors (Lipinski definition) is 4. The fraction of sp³-hybridized carbons (Fsp3) is 0.462. The Morgan fingerprint density at radius 1 is 1.56 bits per heavy atom. The summed E-state index contributed by atoms with van der Waals surface area (Å²) in [6, 6.07) is 5.91. The molecular formula is C13H16N2O2S. The highest BCUT2D eigenvalue weighted by molar-refractivity contribution is 7.80. The molecule has 0 spiro atoms. The highest BCUT2D eigenvalue weighted by Crippen LogP contribution is 2.23. The lowest BCUT2D eigenvalue weighted by Gasteiger charge is -2.40. The number of aromatic nitrogens is 1. The van der Waals surface area contributed by atoms with E-state index in [4.69, 9.17) is 17.3 Å². The molecule has 96 valence electrons. The summed E-state index contributed by atoms with van der Waals surface area (Å²) in [7, 11) is 0. The molecule has 18 heavy (non-hydrogen) atoms. The zero-order chi connectivity index (χ0) is 13.0.